The van der Waals surface area contributed by atoms with Crippen LogP contribution in [0.25, 0.3) is 0 Å². The van der Waals surface area contributed by atoms with Crippen molar-refractivity contribution < 1.29 is 4.21 Å². The highest BCUT2D eigenvalue weighted by molar-refractivity contribution is 7.93. The number of nitrogens with one attached hydrogen (secondary N) is 1. The van der Waals surface area contributed by atoms with Crippen LogP contribution in [-0.4, -0.2) is 15.2 Å². The second-order valence-corrected chi connectivity index (χ2v) is 5.26. The molecule has 1 fully saturated rings. The minimum Gasteiger partial charge on any atom is -0.253 e. The van der Waals surface area contributed by atoms with Crippen molar-refractivity contribution in [2.24, 2.45) is 0 Å². The average Bonchev–Trinajstić information content (AvgIpc) is 1.60. The maximum atomic E-state index is 11.2. The molecule has 0 aromatic rings. The molecule has 0 amide bonds. The molecule has 0 saturated heterocycles. The molecule has 1 aliphatic rings. The van der Waals surface area contributed by atoms with Crippen molar-refractivity contribution in [3.05, 3.63) is 0 Å². The third-order valence-electron chi connectivity index (χ3n) is 2.02. The SMILES string of the molecule is CCS(=N)(=O)C1CCC1. The molecule has 1 atom stereocenters. The molecule has 1 saturated carbocycles. The van der Waals surface area contributed by atoms with Gasteiger partial charge in [0.2, 0.25) is 0 Å². The van der Waals surface area contributed by atoms with Crippen molar-refractivity contribution in [3.63, 3.8) is 0 Å². The van der Waals surface area contributed by atoms with Crippen molar-refractivity contribution in [3.8, 4) is 0 Å². The summed E-state index contributed by atoms with van der Waals surface area (Å²) in [6.07, 6.45) is 3.23. The first-order chi connectivity index (χ1) is 4.17. The van der Waals surface area contributed by atoms with Gasteiger partial charge in [0.05, 0.1) is 0 Å². The standard InChI is InChI=1S/C6H13NOS/c1-2-9(7,8)6-4-3-5-6/h6-7H,2-5H2,1H3. The van der Waals surface area contributed by atoms with Gasteiger partial charge in [-0.15, -0.1) is 0 Å². The highest BCUT2D eigenvalue weighted by Crippen LogP contribution is 2.26. The summed E-state index contributed by atoms with van der Waals surface area (Å²) in [6.45, 7) is 1.84. The third-order valence-corrected chi connectivity index (χ3v) is 4.43. The van der Waals surface area contributed by atoms with Gasteiger partial charge in [0, 0.05) is 20.7 Å². The van der Waals surface area contributed by atoms with Gasteiger partial charge in [0.25, 0.3) is 0 Å². The van der Waals surface area contributed by atoms with Crippen LogP contribution >= 0.6 is 0 Å². The molecular formula is C6H13NOS. The van der Waals surface area contributed by atoms with Crippen LogP contribution in [0.2, 0.25) is 0 Å². The number of hydrogen-bond acceptors (Lipinski definition) is 2. The topological polar surface area (TPSA) is 40.9 Å². The van der Waals surface area contributed by atoms with E-state index in [-0.39, 0.29) is 5.25 Å². The summed E-state index contributed by atoms with van der Waals surface area (Å²) >= 11 is 0. The Bertz CT molecular complexity index is 179. The molecule has 54 valence electrons. The van der Waals surface area contributed by atoms with Crippen LogP contribution in [0.3, 0.4) is 0 Å². The van der Waals surface area contributed by atoms with E-state index in [4.69, 9.17) is 4.78 Å². The molecule has 3 heteroatoms. The van der Waals surface area contributed by atoms with Gasteiger partial charge in [-0.1, -0.05) is 13.3 Å². The zero-order valence-electron chi connectivity index (χ0n) is 5.72. The van der Waals surface area contributed by atoms with E-state index in [9.17, 15) is 4.21 Å². The van der Waals surface area contributed by atoms with Crippen molar-refractivity contribution >= 4 is 9.73 Å². The summed E-state index contributed by atoms with van der Waals surface area (Å²) in [5.41, 5.74) is 0. The second-order valence-electron chi connectivity index (χ2n) is 2.57. The minimum absolute atomic E-state index is 0.238. The van der Waals surface area contributed by atoms with Crippen LogP contribution in [-0.2, 0) is 9.73 Å². The Kier molecular flexibility index (Phi) is 1.80. The Morgan fingerprint density at radius 2 is 2.22 bits per heavy atom. The van der Waals surface area contributed by atoms with E-state index in [2.05, 4.69) is 0 Å². The Morgan fingerprint density at radius 1 is 1.67 bits per heavy atom. The van der Waals surface area contributed by atoms with Crippen LogP contribution < -0.4 is 0 Å². The summed E-state index contributed by atoms with van der Waals surface area (Å²) in [5, 5.41) is 0.238. The lowest BCUT2D eigenvalue weighted by atomic mass is 10.0. The predicted molar refractivity (Wildman–Crippen MR) is 39.0 cm³/mol. The van der Waals surface area contributed by atoms with Gasteiger partial charge in [0.15, 0.2) is 0 Å². The Morgan fingerprint density at radius 3 is 2.33 bits per heavy atom. The maximum absolute atomic E-state index is 11.2. The first kappa shape index (κ1) is 7.06. The fraction of sp³-hybridized carbons (Fsp3) is 1.00. The smallest absolute Gasteiger partial charge is 0.0467 e. The number of rotatable bonds is 2. The normalized spacial score (nSPS) is 26.8. The molecule has 0 aromatic carbocycles. The first-order valence-electron chi connectivity index (χ1n) is 3.42. The van der Waals surface area contributed by atoms with Crippen LogP contribution in [0.15, 0.2) is 0 Å². The van der Waals surface area contributed by atoms with Crippen LogP contribution in [0.4, 0.5) is 0 Å². The van der Waals surface area contributed by atoms with Crippen LogP contribution in [0.5, 0.6) is 0 Å². The number of hydrogen-bond donors (Lipinski definition) is 1. The van der Waals surface area contributed by atoms with Gasteiger partial charge in [0.1, 0.15) is 0 Å². The highest BCUT2D eigenvalue weighted by Gasteiger charge is 2.26. The molecule has 0 heterocycles. The minimum atomic E-state index is -2.16. The lowest BCUT2D eigenvalue weighted by Crippen LogP contribution is -2.28. The van der Waals surface area contributed by atoms with E-state index in [0.29, 0.717) is 5.75 Å². The molecule has 0 aromatic heterocycles. The maximum Gasteiger partial charge on any atom is 0.0467 e. The van der Waals surface area contributed by atoms with E-state index < -0.39 is 9.73 Å². The van der Waals surface area contributed by atoms with Gasteiger partial charge in [-0.2, -0.15) is 0 Å². The molecule has 0 radical (unpaired) electrons. The Hall–Kier alpha value is -0.0500. The predicted octanol–water partition coefficient (Wildman–Crippen LogP) is 1.61. The van der Waals surface area contributed by atoms with Crippen molar-refractivity contribution in [1.82, 2.24) is 0 Å². The zero-order valence-corrected chi connectivity index (χ0v) is 6.54. The zero-order chi connectivity index (χ0) is 6.91. The van der Waals surface area contributed by atoms with E-state index in [1.54, 1.807) is 0 Å². The van der Waals surface area contributed by atoms with Crippen molar-refractivity contribution in [1.29, 1.82) is 4.78 Å². The van der Waals surface area contributed by atoms with Crippen molar-refractivity contribution in [2.45, 2.75) is 31.4 Å². The monoisotopic (exact) mass is 147 g/mol. The lowest BCUT2D eigenvalue weighted by molar-refractivity contribution is 0.500. The van der Waals surface area contributed by atoms with E-state index in [1.807, 2.05) is 6.92 Å². The fourth-order valence-electron chi connectivity index (χ4n) is 0.987. The quantitative estimate of drug-likeness (QED) is 0.633. The molecule has 0 aliphatic heterocycles. The van der Waals surface area contributed by atoms with Gasteiger partial charge in [-0.25, -0.2) is 4.21 Å². The van der Waals surface area contributed by atoms with E-state index in [0.717, 1.165) is 12.8 Å². The summed E-state index contributed by atoms with van der Waals surface area (Å²) < 4.78 is 18.6. The molecule has 1 aliphatic carbocycles. The molecule has 1 N–H and O–H groups in total. The highest BCUT2D eigenvalue weighted by atomic mass is 32.2. The second kappa shape index (κ2) is 2.29. The van der Waals surface area contributed by atoms with Crippen LogP contribution in [0, 0.1) is 4.78 Å². The Balaban J connectivity index is 2.59. The molecule has 1 rings (SSSR count). The molecular weight excluding hydrogens is 134 g/mol. The summed E-state index contributed by atoms with van der Waals surface area (Å²) in [4.78, 5) is 0. The van der Waals surface area contributed by atoms with E-state index in [1.165, 1.54) is 6.42 Å². The average molecular weight is 147 g/mol. The molecule has 0 bridgehead atoms. The molecule has 9 heavy (non-hydrogen) atoms. The Labute approximate surface area is 56.6 Å². The first-order valence-corrected chi connectivity index (χ1v) is 5.21. The lowest BCUT2D eigenvalue weighted by Gasteiger charge is -2.26. The van der Waals surface area contributed by atoms with Crippen LogP contribution in [0.1, 0.15) is 26.2 Å². The van der Waals surface area contributed by atoms with Gasteiger partial charge in [-0.3, -0.25) is 4.78 Å². The summed E-state index contributed by atoms with van der Waals surface area (Å²) in [5.74, 6) is 0.539. The summed E-state index contributed by atoms with van der Waals surface area (Å²) in [7, 11) is -2.16. The molecule has 1 unspecified atom stereocenters. The summed E-state index contributed by atoms with van der Waals surface area (Å²) in [6, 6.07) is 0. The molecule has 2 nitrogen and oxygen atoms in total. The fourth-order valence-corrected chi connectivity index (χ4v) is 2.55. The van der Waals surface area contributed by atoms with E-state index >= 15 is 0 Å². The van der Waals surface area contributed by atoms with Gasteiger partial charge >= 0.3 is 0 Å². The van der Waals surface area contributed by atoms with Crippen molar-refractivity contribution in [2.75, 3.05) is 5.75 Å². The third kappa shape index (κ3) is 1.26. The largest absolute Gasteiger partial charge is 0.253 e. The van der Waals surface area contributed by atoms with Gasteiger partial charge < -0.3 is 0 Å². The molecule has 0 spiro atoms. The van der Waals surface area contributed by atoms with Gasteiger partial charge in [-0.05, 0) is 12.8 Å².